The van der Waals surface area contributed by atoms with Crippen LogP contribution < -0.4 is 4.74 Å². The van der Waals surface area contributed by atoms with Gasteiger partial charge in [-0.3, -0.25) is 0 Å². The number of hydrogen-bond acceptors (Lipinski definition) is 6. The topological polar surface area (TPSA) is 107 Å². The van der Waals surface area contributed by atoms with E-state index >= 15 is 8.78 Å². The van der Waals surface area contributed by atoms with Crippen LogP contribution in [0.3, 0.4) is 0 Å². The molecule has 240 valence electrons. The van der Waals surface area contributed by atoms with E-state index in [0.29, 0.717) is 24.4 Å². The summed E-state index contributed by atoms with van der Waals surface area (Å²) in [6, 6.07) is 19.3. The number of halogens is 3. The zero-order valence-electron chi connectivity index (χ0n) is 24.3. The van der Waals surface area contributed by atoms with Gasteiger partial charge in [0, 0.05) is 40.7 Å². The molecule has 1 N–H and O–H groups in total. The van der Waals surface area contributed by atoms with Gasteiger partial charge in [0.25, 0.3) is 0 Å². The number of fused-ring (bicyclic) bond motifs is 2. The fourth-order valence-electron chi connectivity index (χ4n) is 6.29. The smallest absolute Gasteiger partial charge is 0.335 e. The standard InChI is InChI=1S/C35H26F3N3O5.CH4/c36-27-10-19(16-39)4-5-22(27)17-45-33-3-1-2-30(40-33)26-15-28(37)23(13-29(26)38)12-24-11-20-6-7-21(34(42)43)14-31(20)41(24)32-18-46-35-25(32)8-9-44-35;/h1-7,10-11,13-15,25,32,35H,8-9,12,17-18H2,(H,42,43);1H4. The molecule has 2 aromatic heterocycles. The van der Waals surface area contributed by atoms with Gasteiger partial charge in [-0.25, -0.2) is 22.9 Å². The van der Waals surface area contributed by atoms with Crippen molar-refractivity contribution in [2.45, 2.75) is 39.2 Å². The van der Waals surface area contributed by atoms with Crippen LogP contribution in [0.25, 0.3) is 22.2 Å². The number of nitrogens with zero attached hydrogens (tertiary/aromatic N) is 3. The highest BCUT2D eigenvalue weighted by Gasteiger charge is 2.43. The number of hydrogen-bond donors (Lipinski definition) is 1. The lowest BCUT2D eigenvalue weighted by atomic mass is 9.99. The molecule has 2 aliphatic rings. The summed E-state index contributed by atoms with van der Waals surface area (Å²) in [4.78, 5) is 16.1. The van der Waals surface area contributed by atoms with Gasteiger partial charge in [0.2, 0.25) is 5.88 Å². The molecule has 3 aromatic carbocycles. The molecule has 4 heterocycles. The number of benzene rings is 3. The summed E-state index contributed by atoms with van der Waals surface area (Å²) in [5.74, 6) is -2.86. The second-order valence-electron chi connectivity index (χ2n) is 11.3. The van der Waals surface area contributed by atoms with Gasteiger partial charge in [-0.15, -0.1) is 0 Å². The minimum absolute atomic E-state index is 0. The average Bonchev–Trinajstić information content (AvgIpc) is 3.77. The van der Waals surface area contributed by atoms with Crippen molar-refractivity contribution in [2.75, 3.05) is 13.2 Å². The largest absolute Gasteiger partial charge is 0.478 e. The lowest BCUT2D eigenvalue weighted by Crippen LogP contribution is -2.21. The number of nitriles is 1. The van der Waals surface area contributed by atoms with Crippen LogP contribution in [0, 0.1) is 34.7 Å². The maximum absolute atomic E-state index is 15.7. The van der Waals surface area contributed by atoms with Gasteiger partial charge in [0.1, 0.15) is 24.1 Å². The molecule has 3 atom stereocenters. The molecule has 2 saturated heterocycles. The van der Waals surface area contributed by atoms with Crippen molar-refractivity contribution in [1.82, 2.24) is 9.55 Å². The van der Waals surface area contributed by atoms with Crippen molar-refractivity contribution in [3.8, 4) is 23.2 Å². The molecule has 47 heavy (non-hydrogen) atoms. The molecule has 11 heteroatoms. The van der Waals surface area contributed by atoms with Gasteiger partial charge in [-0.05, 0) is 65.9 Å². The SMILES string of the molecule is C.N#Cc1ccc(COc2cccc(-c3cc(F)c(Cc4cc5ccc(C(=O)O)cc5n4C4COC5OCCC54)cc3F)n2)c(F)c1. The molecule has 0 aliphatic carbocycles. The molecule has 3 unspecified atom stereocenters. The number of carboxylic acid groups (broad SMARTS) is 1. The van der Waals surface area contributed by atoms with Crippen molar-refractivity contribution in [3.05, 3.63) is 118 Å². The predicted octanol–water partition coefficient (Wildman–Crippen LogP) is 7.43. The van der Waals surface area contributed by atoms with Crippen LogP contribution >= 0.6 is 0 Å². The van der Waals surface area contributed by atoms with Crippen molar-refractivity contribution < 1.29 is 37.3 Å². The lowest BCUT2D eigenvalue weighted by Gasteiger charge is -2.22. The first-order chi connectivity index (χ1) is 22.3. The highest BCUT2D eigenvalue weighted by Crippen LogP contribution is 2.42. The molecule has 0 spiro atoms. The zero-order chi connectivity index (χ0) is 31.9. The van der Waals surface area contributed by atoms with Gasteiger partial charge >= 0.3 is 5.97 Å². The first-order valence-electron chi connectivity index (χ1n) is 14.7. The summed E-state index contributed by atoms with van der Waals surface area (Å²) in [6.07, 6.45) is 0.451. The Morgan fingerprint density at radius 2 is 1.83 bits per heavy atom. The van der Waals surface area contributed by atoms with E-state index < -0.39 is 23.4 Å². The summed E-state index contributed by atoms with van der Waals surface area (Å²) >= 11 is 0. The first-order valence-corrected chi connectivity index (χ1v) is 14.7. The van der Waals surface area contributed by atoms with Crippen molar-refractivity contribution in [3.63, 3.8) is 0 Å². The Hall–Kier alpha value is -5.18. The van der Waals surface area contributed by atoms with E-state index in [1.807, 2.05) is 16.7 Å². The number of ether oxygens (including phenoxy) is 3. The lowest BCUT2D eigenvalue weighted by molar-refractivity contribution is -0.0905. The van der Waals surface area contributed by atoms with Crippen molar-refractivity contribution in [2.24, 2.45) is 5.92 Å². The van der Waals surface area contributed by atoms with E-state index in [4.69, 9.17) is 19.5 Å². The van der Waals surface area contributed by atoms with Gasteiger partial charge in [-0.2, -0.15) is 5.26 Å². The third-order valence-corrected chi connectivity index (χ3v) is 8.57. The fourth-order valence-corrected chi connectivity index (χ4v) is 6.29. The van der Waals surface area contributed by atoms with Crippen LogP contribution in [0.2, 0.25) is 0 Å². The van der Waals surface area contributed by atoms with Crippen LogP contribution in [0.15, 0.2) is 72.8 Å². The second kappa shape index (κ2) is 12.9. The maximum atomic E-state index is 15.7. The van der Waals surface area contributed by atoms with E-state index in [0.717, 1.165) is 30.0 Å². The number of rotatable bonds is 8. The molecule has 8 nitrogen and oxygen atoms in total. The minimum Gasteiger partial charge on any atom is -0.478 e. The molecule has 0 radical (unpaired) electrons. The van der Waals surface area contributed by atoms with E-state index in [2.05, 4.69) is 4.98 Å². The second-order valence-corrected chi connectivity index (χ2v) is 11.3. The summed E-state index contributed by atoms with van der Waals surface area (Å²) < 4.78 is 64.8. The van der Waals surface area contributed by atoms with Crippen LogP contribution in [0.4, 0.5) is 13.2 Å². The van der Waals surface area contributed by atoms with Crippen LogP contribution in [0.1, 0.15) is 52.6 Å². The predicted molar refractivity (Wildman–Crippen MR) is 166 cm³/mol. The van der Waals surface area contributed by atoms with Crippen LogP contribution in [-0.4, -0.2) is 40.1 Å². The number of carbonyl (C=O) groups is 1. The van der Waals surface area contributed by atoms with Gasteiger partial charge in [0.05, 0.1) is 42.1 Å². The molecule has 2 aliphatic heterocycles. The summed E-state index contributed by atoms with van der Waals surface area (Å²) in [7, 11) is 0. The molecule has 0 saturated carbocycles. The third-order valence-electron chi connectivity index (χ3n) is 8.57. The normalized spacial score (nSPS) is 18.5. The Morgan fingerprint density at radius 1 is 1.00 bits per heavy atom. The minimum atomic E-state index is -1.06. The quantitative estimate of drug-likeness (QED) is 0.188. The summed E-state index contributed by atoms with van der Waals surface area (Å²) in [6.45, 7) is 0.723. The van der Waals surface area contributed by atoms with Gasteiger partial charge in [0.15, 0.2) is 6.29 Å². The summed E-state index contributed by atoms with van der Waals surface area (Å²) in [5, 5.41) is 19.3. The van der Waals surface area contributed by atoms with E-state index in [1.54, 1.807) is 18.2 Å². The zero-order valence-corrected chi connectivity index (χ0v) is 24.3. The molecule has 0 amide bonds. The first kappa shape index (κ1) is 31.8. The molecule has 2 fully saturated rings. The molecular formula is C36H30F3N3O5. The average molecular weight is 642 g/mol. The van der Waals surface area contributed by atoms with Gasteiger partial charge in [-0.1, -0.05) is 25.6 Å². The van der Waals surface area contributed by atoms with Crippen LogP contribution in [-0.2, 0) is 22.5 Å². The Balaban J connectivity index is 0.00000386. The van der Waals surface area contributed by atoms with E-state index in [9.17, 15) is 14.3 Å². The van der Waals surface area contributed by atoms with Crippen molar-refractivity contribution in [1.29, 1.82) is 5.26 Å². The summed E-state index contributed by atoms with van der Waals surface area (Å²) in [5.41, 5.74) is 2.06. The Labute approximate surface area is 268 Å². The molecular weight excluding hydrogens is 611 g/mol. The Kier molecular flexibility index (Phi) is 8.73. The number of aromatic nitrogens is 2. The Bertz CT molecular complexity index is 2040. The number of pyridine rings is 1. The van der Waals surface area contributed by atoms with Crippen molar-refractivity contribution >= 4 is 16.9 Å². The van der Waals surface area contributed by atoms with Gasteiger partial charge < -0.3 is 23.9 Å². The molecule has 7 rings (SSSR count). The highest BCUT2D eigenvalue weighted by molar-refractivity contribution is 5.94. The fraction of sp³-hybridized carbons (Fsp3) is 0.250. The van der Waals surface area contributed by atoms with E-state index in [1.165, 1.54) is 30.3 Å². The third kappa shape index (κ3) is 6.05. The highest BCUT2D eigenvalue weighted by atomic mass is 19.1. The van der Waals surface area contributed by atoms with E-state index in [-0.39, 0.29) is 78.1 Å². The number of carboxylic acids is 1. The number of aromatic carboxylic acids is 1. The Morgan fingerprint density at radius 3 is 2.62 bits per heavy atom. The maximum Gasteiger partial charge on any atom is 0.335 e. The molecule has 5 aromatic rings. The van der Waals surface area contributed by atoms with Crippen LogP contribution in [0.5, 0.6) is 5.88 Å². The monoisotopic (exact) mass is 641 g/mol. The molecule has 0 bridgehead atoms.